The van der Waals surface area contributed by atoms with E-state index in [1.807, 2.05) is 0 Å². The smallest absolute Gasteiger partial charge is 0.0397 e. The molecule has 19 heavy (non-hydrogen) atoms. The van der Waals surface area contributed by atoms with E-state index >= 15 is 0 Å². The molecular formula is C17H28N2. The van der Waals surface area contributed by atoms with Crippen LogP contribution < -0.4 is 10.2 Å². The van der Waals surface area contributed by atoms with E-state index in [4.69, 9.17) is 0 Å². The van der Waals surface area contributed by atoms with Gasteiger partial charge < -0.3 is 10.2 Å². The number of nitrogens with one attached hydrogen (secondary N) is 1. The third-order valence-corrected chi connectivity index (χ3v) is 3.89. The molecule has 0 amide bonds. The number of nitrogens with zero attached hydrogens (tertiary/aromatic N) is 1. The van der Waals surface area contributed by atoms with E-state index in [1.165, 1.54) is 49.0 Å². The third kappa shape index (κ3) is 4.24. The van der Waals surface area contributed by atoms with Crippen LogP contribution in [0.4, 0.5) is 5.69 Å². The highest BCUT2D eigenvalue weighted by molar-refractivity contribution is 5.58. The Morgan fingerprint density at radius 2 is 2.11 bits per heavy atom. The highest BCUT2D eigenvalue weighted by Gasteiger charge is 2.15. The van der Waals surface area contributed by atoms with Gasteiger partial charge in [-0.25, -0.2) is 0 Å². The summed E-state index contributed by atoms with van der Waals surface area (Å²) in [5.74, 6) is 0.758. The molecular weight excluding hydrogens is 232 g/mol. The van der Waals surface area contributed by atoms with E-state index < -0.39 is 0 Å². The second-order valence-electron chi connectivity index (χ2n) is 6.19. The molecule has 0 radical (unpaired) electrons. The minimum atomic E-state index is 0.758. The van der Waals surface area contributed by atoms with Crippen LogP contribution in [0.3, 0.4) is 0 Å². The molecule has 0 aromatic heterocycles. The molecule has 106 valence electrons. The number of anilines is 1. The van der Waals surface area contributed by atoms with Gasteiger partial charge in [0, 0.05) is 19.3 Å². The Bertz CT molecular complexity index is 398. The molecule has 2 rings (SSSR count). The van der Waals surface area contributed by atoms with Crippen molar-refractivity contribution in [3.05, 3.63) is 29.3 Å². The molecule has 0 saturated carbocycles. The van der Waals surface area contributed by atoms with Gasteiger partial charge in [-0.15, -0.1) is 0 Å². The van der Waals surface area contributed by atoms with E-state index in [2.05, 4.69) is 49.3 Å². The first kappa shape index (κ1) is 14.4. The Morgan fingerprint density at radius 3 is 2.89 bits per heavy atom. The number of likely N-dealkylation sites (N-methyl/N-ethyl adjacent to an activating group) is 1. The lowest BCUT2D eigenvalue weighted by Gasteiger charge is -2.12. The summed E-state index contributed by atoms with van der Waals surface area (Å²) in [6.45, 7) is 8.00. The zero-order chi connectivity index (χ0) is 13.7. The number of rotatable bonds is 7. The fourth-order valence-corrected chi connectivity index (χ4v) is 2.75. The van der Waals surface area contributed by atoms with Crippen LogP contribution in [0.2, 0.25) is 0 Å². The van der Waals surface area contributed by atoms with Gasteiger partial charge in [-0.05, 0) is 61.9 Å². The Kier molecular flexibility index (Phi) is 5.26. The van der Waals surface area contributed by atoms with E-state index in [1.54, 1.807) is 0 Å². The molecule has 0 unspecified atom stereocenters. The van der Waals surface area contributed by atoms with Gasteiger partial charge >= 0.3 is 0 Å². The van der Waals surface area contributed by atoms with Crippen molar-refractivity contribution in [1.29, 1.82) is 0 Å². The van der Waals surface area contributed by atoms with Crippen molar-refractivity contribution >= 4 is 5.69 Å². The number of hydrogen-bond donors (Lipinski definition) is 1. The van der Waals surface area contributed by atoms with Crippen molar-refractivity contribution in [3.63, 3.8) is 0 Å². The van der Waals surface area contributed by atoms with Gasteiger partial charge in [0.05, 0.1) is 0 Å². The predicted molar refractivity (Wildman–Crippen MR) is 84.1 cm³/mol. The zero-order valence-corrected chi connectivity index (χ0v) is 12.7. The van der Waals surface area contributed by atoms with Gasteiger partial charge in [0.2, 0.25) is 0 Å². The topological polar surface area (TPSA) is 15.3 Å². The van der Waals surface area contributed by atoms with Gasteiger partial charge in [-0.1, -0.05) is 26.0 Å². The number of benzene rings is 1. The molecule has 0 saturated heterocycles. The van der Waals surface area contributed by atoms with Crippen LogP contribution in [0.5, 0.6) is 0 Å². The lowest BCUT2D eigenvalue weighted by atomic mass is 10.0. The first-order chi connectivity index (χ1) is 9.16. The maximum Gasteiger partial charge on any atom is 0.0397 e. The quantitative estimate of drug-likeness (QED) is 0.757. The standard InChI is InChI=1S/C17H28N2/c1-14(2)13-18-10-5-4-6-15-7-8-17-16(12-15)9-11-19(17)3/h7-8,12,14,18H,4-6,9-11,13H2,1-3H3. The van der Waals surface area contributed by atoms with Crippen molar-refractivity contribution in [2.75, 3.05) is 31.6 Å². The molecule has 1 aliphatic rings. The molecule has 0 fully saturated rings. The first-order valence-corrected chi connectivity index (χ1v) is 7.70. The molecule has 1 aromatic rings. The molecule has 1 heterocycles. The molecule has 1 N–H and O–H groups in total. The van der Waals surface area contributed by atoms with Crippen molar-refractivity contribution in [1.82, 2.24) is 5.32 Å². The van der Waals surface area contributed by atoms with Gasteiger partial charge in [0.25, 0.3) is 0 Å². The second-order valence-corrected chi connectivity index (χ2v) is 6.19. The van der Waals surface area contributed by atoms with Gasteiger partial charge in [0.1, 0.15) is 0 Å². The maximum absolute atomic E-state index is 3.51. The van der Waals surface area contributed by atoms with Gasteiger partial charge in [-0.3, -0.25) is 0 Å². The van der Waals surface area contributed by atoms with Crippen molar-refractivity contribution in [3.8, 4) is 0 Å². The van der Waals surface area contributed by atoms with Crippen molar-refractivity contribution < 1.29 is 0 Å². The summed E-state index contributed by atoms with van der Waals surface area (Å²) in [5.41, 5.74) is 4.48. The van der Waals surface area contributed by atoms with Crippen LogP contribution in [-0.2, 0) is 12.8 Å². The molecule has 2 heteroatoms. The normalized spacial score (nSPS) is 14.2. The fourth-order valence-electron chi connectivity index (χ4n) is 2.75. The van der Waals surface area contributed by atoms with Crippen LogP contribution in [0, 0.1) is 5.92 Å². The zero-order valence-electron chi connectivity index (χ0n) is 12.7. The van der Waals surface area contributed by atoms with Crippen LogP contribution in [0.25, 0.3) is 0 Å². The molecule has 1 aromatic carbocycles. The Labute approximate surface area is 118 Å². The van der Waals surface area contributed by atoms with E-state index in [0.29, 0.717) is 0 Å². The van der Waals surface area contributed by atoms with Crippen LogP contribution >= 0.6 is 0 Å². The summed E-state index contributed by atoms with van der Waals surface area (Å²) in [6.07, 6.45) is 5.01. The number of hydrogen-bond acceptors (Lipinski definition) is 2. The van der Waals surface area contributed by atoms with Crippen molar-refractivity contribution in [2.45, 2.75) is 39.5 Å². The average Bonchev–Trinajstić information content (AvgIpc) is 2.75. The minimum absolute atomic E-state index is 0.758. The van der Waals surface area contributed by atoms with E-state index in [0.717, 1.165) is 19.0 Å². The first-order valence-electron chi connectivity index (χ1n) is 7.70. The summed E-state index contributed by atoms with van der Waals surface area (Å²) in [7, 11) is 2.19. The lowest BCUT2D eigenvalue weighted by molar-refractivity contribution is 0.535. The van der Waals surface area contributed by atoms with Gasteiger partial charge in [-0.2, -0.15) is 0 Å². The van der Waals surface area contributed by atoms with Crippen LogP contribution in [0.1, 0.15) is 37.8 Å². The number of fused-ring (bicyclic) bond motifs is 1. The SMILES string of the molecule is CC(C)CNCCCCc1ccc2c(c1)CCN2C. The highest BCUT2D eigenvalue weighted by Crippen LogP contribution is 2.27. The number of unbranched alkanes of at least 4 members (excludes halogenated alkanes) is 1. The monoisotopic (exact) mass is 260 g/mol. The average molecular weight is 260 g/mol. The van der Waals surface area contributed by atoms with Crippen LogP contribution in [0.15, 0.2) is 18.2 Å². The molecule has 0 aliphatic carbocycles. The molecule has 2 nitrogen and oxygen atoms in total. The number of aryl methyl sites for hydroxylation is 1. The van der Waals surface area contributed by atoms with Crippen molar-refractivity contribution in [2.24, 2.45) is 5.92 Å². The molecule has 0 atom stereocenters. The predicted octanol–water partition coefficient (Wildman–Crippen LogP) is 3.25. The maximum atomic E-state index is 3.51. The largest absolute Gasteiger partial charge is 0.374 e. The Hall–Kier alpha value is -1.02. The molecule has 1 aliphatic heterocycles. The van der Waals surface area contributed by atoms with Crippen LogP contribution in [-0.4, -0.2) is 26.7 Å². The summed E-state index contributed by atoms with van der Waals surface area (Å²) in [5, 5.41) is 3.51. The lowest BCUT2D eigenvalue weighted by Crippen LogP contribution is -2.20. The summed E-state index contributed by atoms with van der Waals surface area (Å²) < 4.78 is 0. The molecule has 0 bridgehead atoms. The fraction of sp³-hybridized carbons (Fsp3) is 0.647. The second kappa shape index (κ2) is 6.95. The van der Waals surface area contributed by atoms with E-state index in [9.17, 15) is 0 Å². The van der Waals surface area contributed by atoms with E-state index in [-0.39, 0.29) is 0 Å². The highest BCUT2D eigenvalue weighted by atomic mass is 15.1. The minimum Gasteiger partial charge on any atom is -0.374 e. The summed E-state index contributed by atoms with van der Waals surface area (Å²) >= 11 is 0. The summed E-state index contributed by atoms with van der Waals surface area (Å²) in [6, 6.07) is 7.03. The third-order valence-electron chi connectivity index (χ3n) is 3.89. The molecule has 0 spiro atoms. The Morgan fingerprint density at radius 1 is 1.26 bits per heavy atom. The summed E-state index contributed by atoms with van der Waals surface area (Å²) in [4.78, 5) is 2.36. The Balaban J connectivity index is 1.69. The van der Waals surface area contributed by atoms with Gasteiger partial charge in [0.15, 0.2) is 0 Å².